The molecule has 0 saturated carbocycles. The SMILES string of the molecule is Cc1cc2c3nccc4ccc(CC(C)(C)C)c(c43)n3c4cc(C(C)(C)C)ccc4c(c1C)c23. The van der Waals surface area contributed by atoms with Gasteiger partial charge in [-0.25, -0.2) is 0 Å². The van der Waals surface area contributed by atoms with E-state index in [0.29, 0.717) is 0 Å². The zero-order chi connectivity index (χ0) is 24.2. The van der Waals surface area contributed by atoms with Crippen LogP contribution in [0.3, 0.4) is 0 Å². The van der Waals surface area contributed by atoms with Gasteiger partial charge in [-0.2, -0.15) is 0 Å². The molecule has 34 heavy (non-hydrogen) atoms. The fraction of sp³-hybridized carbons (Fsp3) is 0.344. The summed E-state index contributed by atoms with van der Waals surface area (Å²) >= 11 is 0. The second-order valence-electron chi connectivity index (χ2n) is 12.5. The molecular formula is C32H34N2. The average Bonchev–Trinajstić information content (AvgIpc) is 3.09. The van der Waals surface area contributed by atoms with Crippen molar-refractivity contribution in [1.29, 1.82) is 0 Å². The highest BCUT2D eigenvalue weighted by Gasteiger charge is 2.25. The van der Waals surface area contributed by atoms with Crippen LogP contribution >= 0.6 is 0 Å². The van der Waals surface area contributed by atoms with E-state index >= 15 is 0 Å². The number of fused-ring (bicyclic) bond motifs is 5. The minimum atomic E-state index is 0.0904. The first-order chi connectivity index (χ1) is 16.0. The van der Waals surface area contributed by atoms with E-state index < -0.39 is 0 Å². The van der Waals surface area contributed by atoms with Crippen LogP contribution in [0.4, 0.5) is 0 Å². The van der Waals surface area contributed by atoms with E-state index in [-0.39, 0.29) is 10.8 Å². The number of hydrogen-bond donors (Lipinski definition) is 0. The summed E-state index contributed by atoms with van der Waals surface area (Å²) in [6.07, 6.45) is 2.99. The lowest BCUT2D eigenvalue weighted by molar-refractivity contribution is 0.412. The van der Waals surface area contributed by atoms with Crippen molar-refractivity contribution in [2.45, 2.75) is 67.2 Å². The molecule has 0 bridgehead atoms. The molecule has 0 fully saturated rings. The normalized spacial score (nSPS) is 13.4. The fourth-order valence-electron chi connectivity index (χ4n) is 5.86. The highest BCUT2D eigenvalue weighted by atomic mass is 14.9. The van der Waals surface area contributed by atoms with Crippen LogP contribution in [0.2, 0.25) is 0 Å². The summed E-state index contributed by atoms with van der Waals surface area (Å²) < 4.78 is 2.58. The molecule has 3 aromatic heterocycles. The van der Waals surface area contributed by atoms with Crippen molar-refractivity contribution < 1.29 is 0 Å². The quantitative estimate of drug-likeness (QED) is 0.182. The van der Waals surface area contributed by atoms with Gasteiger partial charge in [0.25, 0.3) is 0 Å². The molecule has 0 N–H and O–H groups in total. The zero-order valence-electron chi connectivity index (χ0n) is 21.7. The van der Waals surface area contributed by atoms with E-state index in [9.17, 15) is 0 Å². The van der Waals surface area contributed by atoms with Gasteiger partial charge >= 0.3 is 0 Å². The van der Waals surface area contributed by atoms with Gasteiger partial charge in [0.15, 0.2) is 0 Å². The Balaban J connectivity index is 1.99. The van der Waals surface area contributed by atoms with Gasteiger partial charge in [-0.1, -0.05) is 65.8 Å². The van der Waals surface area contributed by atoms with Crippen LogP contribution < -0.4 is 0 Å². The molecule has 0 aliphatic heterocycles. The summed E-state index contributed by atoms with van der Waals surface area (Å²) in [5.74, 6) is 0. The molecule has 172 valence electrons. The molecule has 0 radical (unpaired) electrons. The summed E-state index contributed by atoms with van der Waals surface area (Å²) in [7, 11) is 0. The molecule has 2 heteroatoms. The number of aromatic nitrogens is 2. The van der Waals surface area contributed by atoms with Gasteiger partial charge in [-0.05, 0) is 76.9 Å². The first-order valence-electron chi connectivity index (χ1n) is 12.5. The van der Waals surface area contributed by atoms with Crippen molar-refractivity contribution in [2.75, 3.05) is 0 Å². The van der Waals surface area contributed by atoms with Crippen molar-refractivity contribution >= 4 is 49.0 Å². The molecule has 0 atom stereocenters. The van der Waals surface area contributed by atoms with Gasteiger partial charge in [0, 0.05) is 27.7 Å². The predicted octanol–water partition coefficient (Wildman–Crippen LogP) is 8.89. The molecule has 0 aliphatic rings. The second-order valence-corrected chi connectivity index (χ2v) is 12.5. The predicted molar refractivity (Wildman–Crippen MR) is 148 cm³/mol. The van der Waals surface area contributed by atoms with E-state index in [1.54, 1.807) is 0 Å². The summed E-state index contributed by atoms with van der Waals surface area (Å²) in [5, 5.41) is 6.54. The number of pyridine rings is 2. The molecule has 0 spiro atoms. The molecule has 2 nitrogen and oxygen atoms in total. The fourth-order valence-corrected chi connectivity index (χ4v) is 5.86. The minimum Gasteiger partial charge on any atom is -0.308 e. The molecule has 3 heterocycles. The first kappa shape index (κ1) is 21.4. The molecule has 6 aromatic rings. The molecule has 3 aromatic carbocycles. The van der Waals surface area contributed by atoms with Crippen LogP contribution in [0.1, 0.15) is 63.8 Å². The van der Waals surface area contributed by atoms with Crippen molar-refractivity contribution in [3.63, 3.8) is 0 Å². The van der Waals surface area contributed by atoms with Crippen molar-refractivity contribution in [1.82, 2.24) is 9.38 Å². The summed E-state index contributed by atoms with van der Waals surface area (Å²) in [5.41, 5.74) is 10.8. The van der Waals surface area contributed by atoms with E-state index in [0.717, 1.165) is 11.9 Å². The van der Waals surface area contributed by atoms with E-state index in [1.807, 2.05) is 6.20 Å². The smallest absolute Gasteiger partial charge is 0.0822 e. The van der Waals surface area contributed by atoms with Crippen molar-refractivity contribution in [3.8, 4) is 0 Å². The van der Waals surface area contributed by atoms with Gasteiger partial charge in [0.2, 0.25) is 0 Å². The van der Waals surface area contributed by atoms with Crippen LogP contribution in [0.15, 0.2) is 48.7 Å². The Morgan fingerprint density at radius 3 is 2.26 bits per heavy atom. The Morgan fingerprint density at radius 1 is 0.794 bits per heavy atom. The lowest BCUT2D eigenvalue weighted by Gasteiger charge is -2.22. The number of rotatable bonds is 1. The highest BCUT2D eigenvalue weighted by molar-refractivity contribution is 6.27. The van der Waals surface area contributed by atoms with Gasteiger partial charge < -0.3 is 4.40 Å². The van der Waals surface area contributed by atoms with Gasteiger partial charge in [0.1, 0.15) is 0 Å². The van der Waals surface area contributed by atoms with Crippen molar-refractivity contribution in [3.05, 3.63) is 70.9 Å². The number of aryl methyl sites for hydroxylation is 2. The van der Waals surface area contributed by atoms with E-state index in [4.69, 9.17) is 4.98 Å². The van der Waals surface area contributed by atoms with E-state index in [1.165, 1.54) is 65.7 Å². The van der Waals surface area contributed by atoms with Crippen molar-refractivity contribution in [2.24, 2.45) is 5.41 Å². The van der Waals surface area contributed by atoms with Gasteiger partial charge in [-0.15, -0.1) is 0 Å². The standard InChI is InChI=1S/C32H34N2/c1-18-15-24-28-27-20(13-14-33-28)9-10-21(17-31(3,4)5)29(27)34-25-16-22(32(6,7)8)11-12-23(25)26(19(18)2)30(24)34/h9-16H,17H2,1-8H3. The number of nitrogens with zero attached hydrogens (tertiary/aromatic N) is 2. The molecule has 0 unspecified atom stereocenters. The number of benzene rings is 3. The summed E-state index contributed by atoms with van der Waals surface area (Å²) in [4.78, 5) is 4.98. The maximum atomic E-state index is 4.98. The second kappa shape index (κ2) is 6.72. The third-order valence-electron chi connectivity index (χ3n) is 7.60. The third kappa shape index (κ3) is 2.90. The molecule has 0 amide bonds. The van der Waals surface area contributed by atoms with E-state index in [2.05, 4.69) is 102 Å². The van der Waals surface area contributed by atoms with Crippen LogP contribution in [0.25, 0.3) is 49.0 Å². The summed E-state index contributed by atoms with van der Waals surface area (Å²) in [6, 6.07) is 16.3. The Morgan fingerprint density at radius 2 is 1.56 bits per heavy atom. The molecule has 0 saturated heterocycles. The monoisotopic (exact) mass is 446 g/mol. The molecule has 6 rings (SSSR count). The Labute approximate surface area is 201 Å². The zero-order valence-corrected chi connectivity index (χ0v) is 21.7. The minimum absolute atomic E-state index is 0.0904. The Kier molecular flexibility index (Phi) is 4.23. The van der Waals surface area contributed by atoms with Gasteiger partial charge in [-0.3, -0.25) is 4.98 Å². The largest absolute Gasteiger partial charge is 0.308 e. The van der Waals surface area contributed by atoms with Crippen LogP contribution in [-0.4, -0.2) is 9.38 Å². The van der Waals surface area contributed by atoms with Crippen LogP contribution in [0, 0.1) is 19.3 Å². The van der Waals surface area contributed by atoms with Gasteiger partial charge in [0.05, 0.1) is 22.1 Å². The summed E-state index contributed by atoms with van der Waals surface area (Å²) in [6.45, 7) is 18.4. The average molecular weight is 447 g/mol. The van der Waals surface area contributed by atoms with Crippen LogP contribution in [-0.2, 0) is 11.8 Å². The Bertz CT molecular complexity index is 1750. The third-order valence-corrected chi connectivity index (χ3v) is 7.60. The molecular weight excluding hydrogens is 412 g/mol. The van der Waals surface area contributed by atoms with Crippen LogP contribution in [0.5, 0.6) is 0 Å². The highest BCUT2D eigenvalue weighted by Crippen LogP contribution is 2.44. The first-order valence-corrected chi connectivity index (χ1v) is 12.5. The number of hydrogen-bond acceptors (Lipinski definition) is 1. The maximum Gasteiger partial charge on any atom is 0.0822 e. The topological polar surface area (TPSA) is 17.3 Å². The molecule has 0 aliphatic carbocycles. The lowest BCUT2D eigenvalue weighted by Crippen LogP contribution is -2.11. The maximum absolute atomic E-state index is 4.98. The Hall–Kier alpha value is -3.13. The lowest BCUT2D eigenvalue weighted by atomic mass is 9.86.